The Hall–Kier alpha value is -2.40. The van der Waals surface area contributed by atoms with Gasteiger partial charge in [-0.05, 0) is 36.4 Å². The standard InChI is InChI=1S/C17H9ClF6N2O2S/c18-10-1-2-13-12(6-10)26-15(28-13)29-7-14(27)25-11-4-8(16(19,20)21)3-9(5-11)17(22,23)24/h1-6H,7H2,(H,25,27). The predicted molar refractivity (Wildman–Crippen MR) is 94.8 cm³/mol. The molecule has 0 aliphatic rings. The number of halogens is 7. The first-order valence-electron chi connectivity index (χ1n) is 7.70. The first-order valence-corrected chi connectivity index (χ1v) is 9.06. The average molecular weight is 455 g/mol. The maximum absolute atomic E-state index is 12.9. The Balaban J connectivity index is 1.73. The van der Waals surface area contributed by atoms with Crippen molar-refractivity contribution in [2.24, 2.45) is 0 Å². The van der Waals surface area contributed by atoms with Crippen LogP contribution >= 0.6 is 23.4 Å². The Morgan fingerprint density at radius 2 is 1.66 bits per heavy atom. The topological polar surface area (TPSA) is 55.1 Å². The highest BCUT2D eigenvalue weighted by molar-refractivity contribution is 7.99. The van der Waals surface area contributed by atoms with Crippen molar-refractivity contribution in [3.63, 3.8) is 0 Å². The van der Waals surface area contributed by atoms with E-state index in [9.17, 15) is 31.1 Å². The molecule has 154 valence electrons. The van der Waals surface area contributed by atoms with E-state index in [1.807, 2.05) is 5.32 Å². The lowest BCUT2D eigenvalue weighted by Crippen LogP contribution is -2.17. The highest BCUT2D eigenvalue weighted by atomic mass is 35.5. The molecule has 0 aliphatic heterocycles. The average Bonchev–Trinajstić information content (AvgIpc) is 3.00. The lowest BCUT2D eigenvalue weighted by molar-refractivity contribution is -0.143. The molecule has 0 unspecified atom stereocenters. The van der Waals surface area contributed by atoms with Crippen LogP contribution in [0.2, 0.25) is 5.02 Å². The maximum atomic E-state index is 12.9. The van der Waals surface area contributed by atoms with Crippen molar-refractivity contribution >= 4 is 46.1 Å². The summed E-state index contributed by atoms with van der Waals surface area (Å²) in [6.45, 7) is 0. The van der Waals surface area contributed by atoms with Crippen LogP contribution in [0.5, 0.6) is 0 Å². The summed E-state index contributed by atoms with van der Waals surface area (Å²) < 4.78 is 82.5. The van der Waals surface area contributed by atoms with Crippen LogP contribution < -0.4 is 5.32 Å². The second-order valence-corrected chi connectivity index (χ2v) is 7.09. The van der Waals surface area contributed by atoms with E-state index in [0.717, 1.165) is 11.8 Å². The SMILES string of the molecule is O=C(CSc1nc2cc(Cl)ccc2o1)Nc1cc(C(F)(F)F)cc(C(F)(F)F)c1. The zero-order valence-electron chi connectivity index (χ0n) is 14.0. The maximum Gasteiger partial charge on any atom is 0.416 e. The van der Waals surface area contributed by atoms with E-state index in [2.05, 4.69) is 4.98 Å². The van der Waals surface area contributed by atoms with Gasteiger partial charge >= 0.3 is 12.4 Å². The number of thioether (sulfide) groups is 1. The van der Waals surface area contributed by atoms with Crippen molar-refractivity contribution < 1.29 is 35.6 Å². The molecule has 29 heavy (non-hydrogen) atoms. The van der Waals surface area contributed by atoms with Crippen molar-refractivity contribution in [3.8, 4) is 0 Å². The number of hydrogen-bond donors (Lipinski definition) is 1. The van der Waals surface area contributed by atoms with Gasteiger partial charge in [-0.15, -0.1) is 0 Å². The molecule has 0 spiro atoms. The van der Waals surface area contributed by atoms with Crippen molar-refractivity contribution in [2.45, 2.75) is 17.6 Å². The summed E-state index contributed by atoms with van der Waals surface area (Å²) in [6, 6.07) is 5.51. The summed E-state index contributed by atoms with van der Waals surface area (Å²) in [5.74, 6) is -1.18. The monoisotopic (exact) mass is 454 g/mol. The fourth-order valence-electron chi connectivity index (χ4n) is 2.29. The lowest BCUT2D eigenvalue weighted by Gasteiger charge is -2.14. The number of amides is 1. The van der Waals surface area contributed by atoms with Gasteiger partial charge in [0.25, 0.3) is 5.22 Å². The normalized spacial score (nSPS) is 12.4. The number of rotatable bonds is 4. The number of oxazole rings is 1. The van der Waals surface area contributed by atoms with Crippen LogP contribution in [0.1, 0.15) is 11.1 Å². The molecule has 0 aliphatic carbocycles. The van der Waals surface area contributed by atoms with Gasteiger partial charge in [-0.3, -0.25) is 4.79 Å². The van der Waals surface area contributed by atoms with E-state index in [1.54, 1.807) is 12.1 Å². The number of benzene rings is 2. The fraction of sp³-hybridized carbons (Fsp3) is 0.176. The van der Waals surface area contributed by atoms with Gasteiger partial charge < -0.3 is 9.73 Å². The Labute approximate surface area is 168 Å². The van der Waals surface area contributed by atoms with Gasteiger partial charge in [0.05, 0.1) is 16.9 Å². The van der Waals surface area contributed by atoms with Crippen LogP contribution in [0, 0.1) is 0 Å². The molecule has 0 saturated heterocycles. The second kappa shape index (κ2) is 7.79. The smallest absolute Gasteiger partial charge is 0.416 e. The number of anilines is 1. The summed E-state index contributed by atoms with van der Waals surface area (Å²) in [5.41, 5.74) is -2.82. The molecular formula is C17H9ClF6N2O2S. The number of carbonyl (C=O) groups is 1. The number of aromatic nitrogens is 1. The molecule has 12 heteroatoms. The van der Waals surface area contributed by atoms with Crippen molar-refractivity contribution in [1.82, 2.24) is 4.98 Å². The van der Waals surface area contributed by atoms with Gasteiger partial charge in [-0.2, -0.15) is 26.3 Å². The summed E-state index contributed by atoms with van der Waals surface area (Å²) in [7, 11) is 0. The molecule has 1 aromatic heterocycles. The Morgan fingerprint density at radius 1 is 1.03 bits per heavy atom. The van der Waals surface area contributed by atoms with E-state index in [0.29, 0.717) is 28.3 Å². The molecule has 0 saturated carbocycles. The van der Waals surface area contributed by atoms with E-state index >= 15 is 0 Å². The zero-order chi connectivity index (χ0) is 21.4. The molecule has 1 heterocycles. The number of carbonyl (C=O) groups excluding carboxylic acids is 1. The molecule has 0 bridgehead atoms. The first-order chi connectivity index (χ1) is 13.4. The minimum atomic E-state index is -5.01. The molecule has 0 atom stereocenters. The molecule has 2 aromatic carbocycles. The molecule has 4 nitrogen and oxygen atoms in total. The van der Waals surface area contributed by atoms with Crippen LogP contribution in [0.3, 0.4) is 0 Å². The highest BCUT2D eigenvalue weighted by Crippen LogP contribution is 2.37. The molecule has 0 radical (unpaired) electrons. The van der Waals surface area contributed by atoms with Gasteiger partial charge in [0.2, 0.25) is 5.91 Å². The van der Waals surface area contributed by atoms with Crippen LogP contribution in [-0.2, 0) is 17.1 Å². The largest absolute Gasteiger partial charge is 0.431 e. The van der Waals surface area contributed by atoms with E-state index in [1.165, 1.54) is 6.07 Å². The van der Waals surface area contributed by atoms with Gasteiger partial charge in [-0.1, -0.05) is 23.4 Å². The van der Waals surface area contributed by atoms with Crippen molar-refractivity contribution in [1.29, 1.82) is 0 Å². The zero-order valence-corrected chi connectivity index (χ0v) is 15.6. The second-order valence-electron chi connectivity index (χ2n) is 5.72. The summed E-state index contributed by atoms with van der Waals surface area (Å²) in [4.78, 5) is 16.1. The van der Waals surface area contributed by atoms with Crippen LogP contribution in [-0.4, -0.2) is 16.6 Å². The van der Waals surface area contributed by atoms with Crippen LogP contribution in [0.4, 0.5) is 32.0 Å². The van der Waals surface area contributed by atoms with Crippen molar-refractivity contribution in [2.75, 3.05) is 11.1 Å². The predicted octanol–water partition coefficient (Wildman–Crippen LogP) is 6.25. The Kier molecular flexibility index (Phi) is 5.72. The van der Waals surface area contributed by atoms with E-state index in [4.69, 9.17) is 16.0 Å². The summed E-state index contributed by atoms with van der Waals surface area (Å²) in [6.07, 6.45) is -10.0. The fourth-order valence-corrected chi connectivity index (χ4v) is 3.10. The van der Waals surface area contributed by atoms with E-state index < -0.39 is 35.1 Å². The number of hydrogen-bond acceptors (Lipinski definition) is 4. The summed E-state index contributed by atoms with van der Waals surface area (Å²) in [5, 5.41) is 2.55. The minimum absolute atomic E-state index is 0.0200. The van der Waals surface area contributed by atoms with Gasteiger partial charge in [0.1, 0.15) is 5.52 Å². The van der Waals surface area contributed by atoms with E-state index in [-0.39, 0.29) is 17.0 Å². The van der Waals surface area contributed by atoms with Gasteiger partial charge in [-0.25, -0.2) is 4.98 Å². The molecule has 1 amide bonds. The van der Waals surface area contributed by atoms with Gasteiger partial charge in [0, 0.05) is 10.7 Å². The third kappa shape index (κ3) is 5.36. The van der Waals surface area contributed by atoms with Crippen LogP contribution in [0.15, 0.2) is 46.0 Å². The lowest BCUT2D eigenvalue weighted by atomic mass is 10.1. The Bertz CT molecular complexity index is 1030. The molecule has 0 fully saturated rings. The Morgan fingerprint density at radius 3 is 2.24 bits per heavy atom. The van der Waals surface area contributed by atoms with Crippen LogP contribution in [0.25, 0.3) is 11.1 Å². The third-order valence-corrected chi connectivity index (χ3v) is 4.59. The first kappa shape index (κ1) is 21.3. The van der Waals surface area contributed by atoms with Gasteiger partial charge in [0.15, 0.2) is 5.58 Å². The molecule has 3 rings (SSSR count). The molecular weight excluding hydrogens is 446 g/mol. The number of nitrogens with zero attached hydrogens (tertiary/aromatic N) is 1. The number of fused-ring (bicyclic) bond motifs is 1. The molecule has 3 aromatic rings. The summed E-state index contributed by atoms with van der Waals surface area (Å²) >= 11 is 6.64. The highest BCUT2D eigenvalue weighted by Gasteiger charge is 2.37. The number of nitrogens with one attached hydrogen (secondary N) is 1. The number of alkyl halides is 6. The minimum Gasteiger partial charge on any atom is -0.431 e. The third-order valence-electron chi connectivity index (χ3n) is 3.53. The molecule has 1 N–H and O–H groups in total. The quantitative estimate of drug-likeness (QED) is 0.374. The van der Waals surface area contributed by atoms with Crippen molar-refractivity contribution in [3.05, 3.63) is 52.5 Å².